The molecule has 0 saturated heterocycles. The lowest BCUT2D eigenvalue weighted by molar-refractivity contribution is 1.07. The lowest BCUT2D eigenvalue weighted by Gasteiger charge is -2.11. The van der Waals surface area contributed by atoms with Gasteiger partial charge in [0.1, 0.15) is 0 Å². The van der Waals surface area contributed by atoms with Crippen LogP contribution in [0, 0.1) is 0 Å². The van der Waals surface area contributed by atoms with E-state index in [9.17, 15) is 0 Å². The molecule has 0 saturated carbocycles. The summed E-state index contributed by atoms with van der Waals surface area (Å²) in [6.07, 6.45) is 0. The van der Waals surface area contributed by atoms with Crippen LogP contribution in [-0.2, 0) is 0 Å². The number of nitrogens with zero attached hydrogens (tertiary/aromatic N) is 12. The Labute approximate surface area is 837 Å². The minimum atomic E-state index is 0.647. The summed E-state index contributed by atoms with van der Waals surface area (Å²) >= 11 is 5.41. The number of rotatable bonds is 12. The molecule has 0 fully saturated rings. The molecule has 0 N–H and O–H groups in total. The lowest BCUT2D eigenvalue weighted by Crippen LogP contribution is -2.01. The molecule has 30 rings (SSSR count). The molecule has 9 heterocycles. The van der Waals surface area contributed by atoms with Crippen molar-refractivity contribution in [1.29, 1.82) is 0 Å². The first-order valence-electron chi connectivity index (χ1n) is 48.1. The highest BCUT2D eigenvalue weighted by atomic mass is 32.1. The third kappa shape index (κ3) is 14.7. The zero-order valence-electron chi connectivity index (χ0n) is 77.1. The minimum Gasteiger partial charge on any atom is -0.309 e. The lowest BCUT2D eigenvalue weighted by atomic mass is 10.1. The molecule has 12 nitrogen and oxygen atoms in total. The SMILES string of the molecule is c1ccc(-c2nc(-c3ccc(-n4c5ccccc5c5cc6ccccc6cc54)cc3)nc(-c3ccc4c(c3)sc3ccccc34)n2)cc1.c1ccc(-c2nc(-c3ccc(-n4c5ccccc5c5cc6ccccc6cc54)cc3)nc(-c3ccc4sc5ccccc5c4c3)n2)cc1.c1ccc(-c2nc(-c3ccc(-n4c5ccccc5c5cc6ccccc6cc54)cc3)nc(-c3cccc4sc5ccccc5c34)n2)cc1. The molecule has 0 aliphatic rings. The molecular formula is C129H78N12S3. The van der Waals surface area contributed by atoms with Gasteiger partial charge in [0.2, 0.25) is 0 Å². The van der Waals surface area contributed by atoms with Gasteiger partial charge in [0.25, 0.3) is 0 Å². The Balaban J connectivity index is 0.000000105. The Hall–Kier alpha value is -18.5. The second kappa shape index (κ2) is 34.8. The fraction of sp³-hybridized carbons (Fsp3) is 0. The van der Waals surface area contributed by atoms with E-state index in [1.807, 2.05) is 90.2 Å². The van der Waals surface area contributed by atoms with Gasteiger partial charge >= 0.3 is 0 Å². The predicted molar refractivity (Wildman–Crippen MR) is 603 cm³/mol. The van der Waals surface area contributed by atoms with E-state index in [1.165, 1.54) is 158 Å². The molecule has 9 aromatic heterocycles. The van der Waals surface area contributed by atoms with Crippen LogP contribution in [0.2, 0.25) is 0 Å². The van der Waals surface area contributed by atoms with Crippen molar-refractivity contribution in [2.45, 2.75) is 0 Å². The van der Waals surface area contributed by atoms with Crippen LogP contribution in [0.25, 0.3) is 278 Å². The van der Waals surface area contributed by atoms with Gasteiger partial charge < -0.3 is 13.7 Å². The molecule has 0 bridgehead atoms. The van der Waals surface area contributed by atoms with E-state index in [4.69, 9.17) is 44.9 Å². The van der Waals surface area contributed by atoms with Gasteiger partial charge in [-0.25, -0.2) is 44.9 Å². The maximum atomic E-state index is 5.14. The first-order valence-corrected chi connectivity index (χ1v) is 50.5. The predicted octanol–water partition coefficient (Wildman–Crippen LogP) is 34.5. The number of hydrogen-bond acceptors (Lipinski definition) is 12. The molecule has 0 radical (unpaired) electrons. The third-order valence-electron chi connectivity index (χ3n) is 27.7. The number of para-hydroxylation sites is 3. The summed E-state index contributed by atoms with van der Waals surface area (Å²) in [4.78, 5) is 45.4. The number of benzene rings is 21. The van der Waals surface area contributed by atoms with Gasteiger partial charge in [0, 0.05) is 160 Å². The van der Waals surface area contributed by atoms with E-state index in [2.05, 4.69) is 408 Å². The van der Waals surface area contributed by atoms with Gasteiger partial charge in [0.05, 0.1) is 33.1 Å². The fourth-order valence-corrected chi connectivity index (χ4v) is 24.2. The van der Waals surface area contributed by atoms with Crippen LogP contribution in [0.15, 0.2) is 473 Å². The minimum absolute atomic E-state index is 0.647. The Bertz CT molecular complexity index is 10400. The second-order valence-corrected chi connectivity index (χ2v) is 39.5. The number of hydrogen-bond donors (Lipinski definition) is 0. The Morgan fingerprint density at radius 2 is 0.403 bits per heavy atom. The van der Waals surface area contributed by atoms with Gasteiger partial charge in [-0.05, 0) is 208 Å². The molecule has 144 heavy (non-hydrogen) atoms. The van der Waals surface area contributed by atoms with E-state index < -0.39 is 0 Å². The molecule has 0 unspecified atom stereocenters. The molecule has 30 aromatic rings. The van der Waals surface area contributed by atoms with Crippen molar-refractivity contribution in [3.8, 4) is 120 Å². The molecule has 0 aliphatic heterocycles. The maximum absolute atomic E-state index is 5.14. The van der Waals surface area contributed by atoms with Crippen LogP contribution in [-0.4, -0.2) is 58.6 Å². The van der Waals surface area contributed by atoms with Crippen LogP contribution >= 0.6 is 34.0 Å². The average molecular weight is 1890 g/mol. The summed E-state index contributed by atoms with van der Waals surface area (Å²) in [5.74, 6) is 5.91. The number of fused-ring (bicyclic) bond motifs is 21. The van der Waals surface area contributed by atoms with Crippen molar-refractivity contribution < 1.29 is 0 Å². The zero-order valence-corrected chi connectivity index (χ0v) is 79.6. The summed E-state index contributed by atoms with van der Waals surface area (Å²) in [6, 6.07) is 167. The molecule has 0 amide bonds. The monoisotopic (exact) mass is 1890 g/mol. The van der Waals surface area contributed by atoms with Crippen molar-refractivity contribution in [3.05, 3.63) is 473 Å². The molecule has 21 aromatic carbocycles. The number of aromatic nitrogens is 12. The van der Waals surface area contributed by atoms with Crippen molar-refractivity contribution in [3.63, 3.8) is 0 Å². The highest BCUT2D eigenvalue weighted by Crippen LogP contribution is 2.46. The van der Waals surface area contributed by atoms with Gasteiger partial charge in [-0.1, -0.05) is 297 Å². The summed E-state index contributed by atoms with van der Waals surface area (Å²) < 4.78 is 14.6. The Morgan fingerprint density at radius 3 is 0.806 bits per heavy atom. The van der Waals surface area contributed by atoms with Crippen molar-refractivity contribution >= 4 is 192 Å². The van der Waals surface area contributed by atoms with Crippen LogP contribution in [0.4, 0.5) is 0 Å². The van der Waals surface area contributed by atoms with E-state index in [0.29, 0.717) is 52.4 Å². The summed E-state index contributed by atoms with van der Waals surface area (Å²) in [5.41, 5.74) is 19.0. The van der Waals surface area contributed by atoms with Crippen molar-refractivity contribution in [1.82, 2.24) is 58.6 Å². The standard InChI is InChI=1S/3C43H26N4S/c1-2-11-27(12-3-1)41-44-42(46-43(45-41)34-17-10-20-39-40(34)33-16-7-9-19-38(33)48-39)28-21-23-31(24-22-28)47-36-18-8-6-15-32(36)35-25-29-13-4-5-14-30(29)26-37(35)47;1-2-10-27(11-3-1)41-44-42(46-43(45-41)31-20-23-40-36(25-31)34-15-7-9-17-39(34)48-40)28-18-21-32(22-19-28)47-37-16-8-6-14-33(37)35-24-29-12-4-5-13-30(29)26-38(35)47;1-2-10-27(11-3-1)41-44-42(46-43(45-41)31-20-23-35-34-15-7-9-17-39(34)48-40(35)26-31)28-18-21-32(22-19-28)47-37-16-8-6-14-33(37)36-24-29-12-4-5-13-30(29)25-38(36)47/h3*1-26H. The Morgan fingerprint density at radius 1 is 0.139 bits per heavy atom. The molecule has 0 spiro atoms. The smallest absolute Gasteiger partial charge is 0.164 e. The average Bonchev–Trinajstić information content (AvgIpc) is 1.60. The molecule has 15 heteroatoms. The van der Waals surface area contributed by atoms with Crippen LogP contribution in [0.3, 0.4) is 0 Å². The van der Waals surface area contributed by atoms with Crippen LogP contribution in [0.5, 0.6) is 0 Å². The first-order chi connectivity index (χ1) is 71.3. The van der Waals surface area contributed by atoms with Crippen molar-refractivity contribution in [2.24, 2.45) is 0 Å². The Kier molecular flexibility index (Phi) is 20.2. The van der Waals surface area contributed by atoms with Crippen LogP contribution < -0.4 is 0 Å². The fourth-order valence-electron chi connectivity index (χ4n) is 20.8. The largest absolute Gasteiger partial charge is 0.309 e. The van der Waals surface area contributed by atoms with Crippen molar-refractivity contribution in [2.75, 3.05) is 0 Å². The van der Waals surface area contributed by atoms with Gasteiger partial charge in [0.15, 0.2) is 52.4 Å². The topological polar surface area (TPSA) is 131 Å². The summed E-state index contributed by atoms with van der Waals surface area (Å²) in [7, 11) is 0. The summed E-state index contributed by atoms with van der Waals surface area (Å²) in [5, 5.41) is 22.3. The van der Waals surface area contributed by atoms with E-state index >= 15 is 0 Å². The first kappa shape index (κ1) is 83.6. The van der Waals surface area contributed by atoms with Gasteiger partial charge in [-0.15, -0.1) is 34.0 Å². The van der Waals surface area contributed by atoms with E-state index in [1.54, 1.807) is 22.7 Å². The van der Waals surface area contributed by atoms with E-state index in [0.717, 1.165) is 67.1 Å². The molecule has 0 atom stereocenters. The van der Waals surface area contributed by atoms with Gasteiger partial charge in [-0.3, -0.25) is 0 Å². The van der Waals surface area contributed by atoms with Gasteiger partial charge in [-0.2, -0.15) is 0 Å². The molecule has 0 aliphatic carbocycles. The highest BCUT2D eigenvalue weighted by molar-refractivity contribution is 7.26. The second-order valence-electron chi connectivity index (χ2n) is 36.3. The summed E-state index contributed by atoms with van der Waals surface area (Å²) in [6.45, 7) is 0. The molecular weight excluding hydrogens is 1810 g/mol. The zero-order chi connectivity index (χ0) is 94.8. The maximum Gasteiger partial charge on any atom is 0.164 e. The van der Waals surface area contributed by atoms with E-state index in [-0.39, 0.29) is 0 Å². The highest BCUT2D eigenvalue weighted by Gasteiger charge is 2.25. The third-order valence-corrected chi connectivity index (χ3v) is 31.1. The quantitative estimate of drug-likeness (QED) is 0.117. The normalized spacial score (nSPS) is 11.8. The number of thiophene rings is 3. The molecule has 672 valence electrons. The van der Waals surface area contributed by atoms with Crippen LogP contribution in [0.1, 0.15) is 0 Å².